The topological polar surface area (TPSA) is 41.5 Å². The molecule has 1 aromatic rings. The van der Waals surface area contributed by atoms with Gasteiger partial charge in [-0.3, -0.25) is 0 Å². The van der Waals surface area contributed by atoms with E-state index in [1.165, 1.54) is 0 Å². The average molecular weight is 286 g/mol. The third kappa shape index (κ3) is 5.39. The van der Waals surface area contributed by atoms with Crippen molar-refractivity contribution in [2.45, 2.75) is 33.2 Å². The number of aliphatic hydroxyl groups excluding tert-OH is 1. The fourth-order valence-electron chi connectivity index (χ4n) is 1.74. The van der Waals surface area contributed by atoms with Gasteiger partial charge >= 0.3 is 0 Å². The summed E-state index contributed by atoms with van der Waals surface area (Å²) in [6.07, 6.45) is 1.09. The number of hydrogen-bond donors (Lipinski definition) is 2. The highest BCUT2D eigenvalue weighted by molar-refractivity contribution is 6.30. The molecule has 0 amide bonds. The van der Waals surface area contributed by atoms with Crippen LogP contribution in [0.5, 0.6) is 5.75 Å². The molecule has 108 valence electrons. The number of hydrogen-bond acceptors (Lipinski definition) is 3. The van der Waals surface area contributed by atoms with E-state index < -0.39 is 0 Å². The molecule has 0 aliphatic heterocycles. The molecule has 19 heavy (non-hydrogen) atoms. The number of nitrogens with one attached hydrogen (secondary N) is 1. The Morgan fingerprint density at radius 3 is 2.74 bits per heavy atom. The van der Waals surface area contributed by atoms with E-state index in [0.29, 0.717) is 11.6 Å². The van der Waals surface area contributed by atoms with Crippen LogP contribution in [0.25, 0.3) is 0 Å². The maximum Gasteiger partial charge on any atom is 0.124 e. The van der Waals surface area contributed by atoms with Crippen LogP contribution in [0, 0.1) is 5.92 Å². The first-order valence-corrected chi connectivity index (χ1v) is 7.22. The Kier molecular flexibility index (Phi) is 7.21. The lowest BCUT2D eigenvalue weighted by molar-refractivity contribution is 0.173. The summed E-state index contributed by atoms with van der Waals surface area (Å²) < 4.78 is 5.79. The molecule has 0 spiro atoms. The summed E-state index contributed by atoms with van der Waals surface area (Å²) >= 11 is 6.06. The Hall–Kier alpha value is -0.770. The predicted molar refractivity (Wildman–Crippen MR) is 79.9 cm³/mol. The van der Waals surface area contributed by atoms with Crippen molar-refractivity contribution in [2.24, 2.45) is 5.92 Å². The Morgan fingerprint density at radius 1 is 1.37 bits per heavy atom. The van der Waals surface area contributed by atoms with E-state index in [0.717, 1.165) is 24.3 Å². The standard InChI is InChI=1S/C15H24ClNO2/c1-4-7-17-12(3)14-8-13(16)5-6-15(14)19-10-11(2)9-18/h5-6,8,11-12,17-18H,4,7,9-10H2,1-3H3. The second kappa shape index (κ2) is 8.41. The molecule has 0 heterocycles. The summed E-state index contributed by atoms with van der Waals surface area (Å²) in [5.41, 5.74) is 1.06. The predicted octanol–water partition coefficient (Wildman–Crippen LogP) is 3.41. The second-order valence-corrected chi connectivity index (χ2v) is 5.39. The monoisotopic (exact) mass is 285 g/mol. The molecule has 0 bridgehead atoms. The van der Waals surface area contributed by atoms with Crippen molar-refractivity contribution < 1.29 is 9.84 Å². The van der Waals surface area contributed by atoms with Crippen LogP contribution >= 0.6 is 11.6 Å². The summed E-state index contributed by atoms with van der Waals surface area (Å²) in [6.45, 7) is 7.79. The van der Waals surface area contributed by atoms with Gasteiger partial charge in [-0.15, -0.1) is 0 Å². The van der Waals surface area contributed by atoms with Crippen molar-refractivity contribution in [3.05, 3.63) is 28.8 Å². The highest BCUT2D eigenvalue weighted by atomic mass is 35.5. The molecular weight excluding hydrogens is 262 g/mol. The van der Waals surface area contributed by atoms with E-state index in [9.17, 15) is 0 Å². The fourth-order valence-corrected chi connectivity index (χ4v) is 1.93. The van der Waals surface area contributed by atoms with Gasteiger partial charge in [-0.2, -0.15) is 0 Å². The lowest BCUT2D eigenvalue weighted by atomic mass is 10.1. The van der Waals surface area contributed by atoms with Crippen molar-refractivity contribution in [3.63, 3.8) is 0 Å². The molecule has 0 aliphatic carbocycles. The lowest BCUT2D eigenvalue weighted by Crippen LogP contribution is -2.21. The molecule has 2 N–H and O–H groups in total. The zero-order valence-corrected chi connectivity index (χ0v) is 12.7. The quantitative estimate of drug-likeness (QED) is 0.769. The van der Waals surface area contributed by atoms with Crippen LogP contribution in [-0.2, 0) is 0 Å². The largest absolute Gasteiger partial charge is 0.493 e. The number of halogens is 1. The Labute approximate surface area is 120 Å². The van der Waals surface area contributed by atoms with E-state index in [1.54, 1.807) is 0 Å². The minimum absolute atomic E-state index is 0.127. The van der Waals surface area contributed by atoms with Gasteiger partial charge in [-0.1, -0.05) is 25.4 Å². The third-order valence-corrected chi connectivity index (χ3v) is 3.21. The molecule has 0 aromatic heterocycles. The normalized spacial score (nSPS) is 14.2. The van der Waals surface area contributed by atoms with Crippen LogP contribution in [0.15, 0.2) is 18.2 Å². The third-order valence-electron chi connectivity index (χ3n) is 2.97. The number of benzene rings is 1. The maximum absolute atomic E-state index is 9.04. The van der Waals surface area contributed by atoms with Gasteiger partial charge in [-0.05, 0) is 38.1 Å². The molecule has 0 radical (unpaired) electrons. The summed E-state index contributed by atoms with van der Waals surface area (Å²) in [6, 6.07) is 5.86. The SMILES string of the molecule is CCCNC(C)c1cc(Cl)ccc1OCC(C)CO. The Morgan fingerprint density at radius 2 is 2.11 bits per heavy atom. The van der Waals surface area contributed by atoms with E-state index >= 15 is 0 Å². The summed E-state index contributed by atoms with van der Waals surface area (Å²) in [7, 11) is 0. The smallest absolute Gasteiger partial charge is 0.124 e. The summed E-state index contributed by atoms with van der Waals surface area (Å²) in [5, 5.41) is 13.2. The van der Waals surface area contributed by atoms with Crippen molar-refractivity contribution in [1.82, 2.24) is 5.32 Å². The molecule has 2 unspecified atom stereocenters. The minimum Gasteiger partial charge on any atom is -0.493 e. The van der Waals surface area contributed by atoms with Crippen molar-refractivity contribution in [3.8, 4) is 5.75 Å². The molecule has 0 saturated carbocycles. The zero-order chi connectivity index (χ0) is 14.3. The van der Waals surface area contributed by atoms with Gasteiger partial charge in [0.25, 0.3) is 0 Å². The van der Waals surface area contributed by atoms with Gasteiger partial charge in [-0.25, -0.2) is 0 Å². The maximum atomic E-state index is 9.04. The van der Waals surface area contributed by atoms with Gasteiger partial charge in [0.05, 0.1) is 6.61 Å². The number of aliphatic hydroxyl groups is 1. The van der Waals surface area contributed by atoms with Crippen molar-refractivity contribution >= 4 is 11.6 Å². The van der Waals surface area contributed by atoms with Gasteiger partial charge in [0.1, 0.15) is 5.75 Å². The molecule has 0 saturated heterocycles. The first-order chi connectivity index (χ1) is 9.08. The van der Waals surface area contributed by atoms with E-state index in [1.807, 2.05) is 25.1 Å². The van der Waals surface area contributed by atoms with Crippen molar-refractivity contribution in [1.29, 1.82) is 0 Å². The van der Waals surface area contributed by atoms with Crippen LogP contribution in [0.1, 0.15) is 38.8 Å². The van der Waals surface area contributed by atoms with Crippen LogP contribution in [0.4, 0.5) is 0 Å². The second-order valence-electron chi connectivity index (χ2n) is 4.96. The van der Waals surface area contributed by atoms with Gasteiger partial charge in [0, 0.05) is 29.2 Å². The molecule has 3 nitrogen and oxygen atoms in total. The molecule has 4 heteroatoms. The minimum atomic E-state index is 0.127. The Bertz CT molecular complexity index is 384. The molecule has 0 fully saturated rings. The first kappa shape index (κ1) is 16.3. The van der Waals surface area contributed by atoms with E-state index in [4.69, 9.17) is 21.4 Å². The van der Waals surface area contributed by atoms with Crippen LogP contribution in [-0.4, -0.2) is 24.9 Å². The average Bonchev–Trinajstić information content (AvgIpc) is 2.42. The van der Waals surface area contributed by atoms with E-state index in [-0.39, 0.29) is 18.6 Å². The van der Waals surface area contributed by atoms with Crippen molar-refractivity contribution in [2.75, 3.05) is 19.8 Å². The van der Waals surface area contributed by atoms with E-state index in [2.05, 4.69) is 19.2 Å². The fraction of sp³-hybridized carbons (Fsp3) is 0.600. The van der Waals surface area contributed by atoms with Crippen LogP contribution in [0.3, 0.4) is 0 Å². The molecule has 0 aliphatic rings. The number of ether oxygens (including phenoxy) is 1. The summed E-state index contributed by atoms with van der Waals surface area (Å²) in [5.74, 6) is 0.961. The highest BCUT2D eigenvalue weighted by Gasteiger charge is 2.13. The first-order valence-electron chi connectivity index (χ1n) is 6.85. The molecule has 1 aromatic carbocycles. The zero-order valence-electron chi connectivity index (χ0n) is 11.9. The highest BCUT2D eigenvalue weighted by Crippen LogP contribution is 2.28. The molecular formula is C15H24ClNO2. The van der Waals surface area contributed by atoms with Gasteiger partial charge < -0.3 is 15.2 Å². The Balaban J connectivity index is 2.78. The summed E-state index contributed by atoms with van der Waals surface area (Å²) in [4.78, 5) is 0. The molecule has 1 rings (SSSR count). The lowest BCUT2D eigenvalue weighted by Gasteiger charge is -2.19. The van der Waals surface area contributed by atoms with Gasteiger partial charge in [0.2, 0.25) is 0 Å². The molecule has 2 atom stereocenters. The number of rotatable bonds is 8. The van der Waals surface area contributed by atoms with Crippen LogP contribution < -0.4 is 10.1 Å². The van der Waals surface area contributed by atoms with Crippen LogP contribution in [0.2, 0.25) is 5.02 Å². The van der Waals surface area contributed by atoms with Gasteiger partial charge in [0.15, 0.2) is 0 Å².